The van der Waals surface area contributed by atoms with Crippen molar-refractivity contribution in [2.75, 3.05) is 13.2 Å². The normalized spacial score (nSPS) is 11.7. The van der Waals surface area contributed by atoms with Crippen LogP contribution in [0.3, 0.4) is 0 Å². The third-order valence-electron chi connectivity index (χ3n) is 3.39. The molecule has 0 aliphatic heterocycles. The summed E-state index contributed by atoms with van der Waals surface area (Å²) < 4.78 is 5.10. The van der Waals surface area contributed by atoms with E-state index < -0.39 is 23.9 Å². The van der Waals surface area contributed by atoms with E-state index in [1.807, 2.05) is 41.7 Å². The van der Waals surface area contributed by atoms with Crippen LogP contribution >= 0.6 is 0 Å². The fraction of sp³-hybridized carbons (Fsp3) is 0.235. The van der Waals surface area contributed by atoms with Crippen molar-refractivity contribution in [1.82, 2.24) is 10.6 Å². The summed E-state index contributed by atoms with van der Waals surface area (Å²) in [6, 6.07) is 11.4. The van der Waals surface area contributed by atoms with Crippen molar-refractivity contribution in [2.24, 2.45) is 5.73 Å². The molecule has 24 heavy (non-hydrogen) atoms. The van der Waals surface area contributed by atoms with Gasteiger partial charge in [-0.2, -0.15) is 0 Å². The standard InChI is InChI=1S/C17H19N3O4/c1-2-24-16(22)15(19-10-14(21)20-17(18)23)13-9-5-7-11-6-3-4-8-12(11)13/h3-9,15,19H,2,10H2,1H3,(H3,18,20,21,23)/t15-/m1/s1. The van der Waals surface area contributed by atoms with Crippen LogP contribution in [0.2, 0.25) is 0 Å². The van der Waals surface area contributed by atoms with Crippen molar-refractivity contribution < 1.29 is 19.1 Å². The fourth-order valence-corrected chi connectivity index (χ4v) is 2.42. The number of nitrogens with two attached hydrogens (primary N) is 1. The summed E-state index contributed by atoms with van der Waals surface area (Å²) in [5.74, 6) is -1.13. The molecule has 0 spiro atoms. The van der Waals surface area contributed by atoms with E-state index in [9.17, 15) is 14.4 Å². The highest BCUT2D eigenvalue weighted by molar-refractivity contribution is 5.95. The molecule has 0 aliphatic rings. The molecule has 0 saturated carbocycles. The van der Waals surface area contributed by atoms with E-state index in [0.29, 0.717) is 5.56 Å². The molecule has 0 saturated heterocycles. The molecule has 0 radical (unpaired) electrons. The van der Waals surface area contributed by atoms with Crippen molar-refractivity contribution in [3.05, 3.63) is 48.0 Å². The zero-order chi connectivity index (χ0) is 17.5. The van der Waals surface area contributed by atoms with Gasteiger partial charge < -0.3 is 10.5 Å². The zero-order valence-corrected chi connectivity index (χ0v) is 13.2. The Kier molecular flexibility index (Phi) is 5.86. The van der Waals surface area contributed by atoms with Crippen LogP contribution in [0, 0.1) is 0 Å². The number of rotatable bonds is 6. The second-order valence-electron chi connectivity index (χ2n) is 5.05. The average Bonchev–Trinajstić information content (AvgIpc) is 2.55. The molecule has 7 nitrogen and oxygen atoms in total. The van der Waals surface area contributed by atoms with E-state index in [2.05, 4.69) is 5.32 Å². The van der Waals surface area contributed by atoms with Gasteiger partial charge in [-0.25, -0.2) is 9.59 Å². The maximum Gasteiger partial charge on any atom is 0.327 e. The summed E-state index contributed by atoms with van der Waals surface area (Å²) in [6.45, 7) is 1.67. The number of imide groups is 1. The lowest BCUT2D eigenvalue weighted by molar-refractivity contribution is -0.145. The van der Waals surface area contributed by atoms with Crippen LogP contribution in [-0.4, -0.2) is 31.1 Å². The summed E-state index contributed by atoms with van der Waals surface area (Å²) in [5.41, 5.74) is 5.60. The van der Waals surface area contributed by atoms with Gasteiger partial charge in [0.05, 0.1) is 13.2 Å². The van der Waals surface area contributed by atoms with E-state index in [1.54, 1.807) is 13.0 Å². The number of hydrogen-bond acceptors (Lipinski definition) is 5. The smallest absolute Gasteiger partial charge is 0.327 e. The maximum absolute atomic E-state index is 12.3. The summed E-state index contributed by atoms with van der Waals surface area (Å²) in [6.07, 6.45) is 0. The SMILES string of the molecule is CCOC(=O)[C@H](NCC(=O)NC(N)=O)c1cccc2ccccc12. The highest BCUT2D eigenvalue weighted by atomic mass is 16.5. The molecule has 0 aromatic heterocycles. The summed E-state index contributed by atoms with van der Waals surface area (Å²) in [7, 11) is 0. The number of ether oxygens (including phenoxy) is 1. The van der Waals surface area contributed by atoms with Crippen molar-refractivity contribution in [2.45, 2.75) is 13.0 Å². The van der Waals surface area contributed by atoms with Crippen LogP contribution in [-0.2, 0) is 14.3 Å². The first-order valence-corrected chi connectivity index (χ1v) is 7.50. The van der Waals surface area contributed by atoms with Gasteiger partial charge in [0.1, 0.15) is 6.04 Å². The Morgan fingerprint density at radius 3 is 2.54 bits per heavy atom. The Balaban J connectivity index is 2.30. The molecular weight excluding hydrogens is 310 g/mol. The third kappa shape index (κ3) is 4.30. The lowest BCUT2D eigenvalue weighted by atomic mass is 9.98. The number of urea groups is 1. The molecule has 0 unspecified atom stereocenters. The summed E-state index contributed by atoms with van der Waals surface area (Å²) in [5, 5.41) is 6.61. The second-order valence-corrected chi connectivity index (χ2v) is 5.05. The first-order valence-electron chi connectivity index (χ1n) is 7.50. The van der Waals surface area contributed by atoms with Gasteiger partial charge in [0.25, 0.3) is 0 Å². The molecule has 2 aromatic carbocycles. The lowest BCUT2D eigenvalue weighted by Gasteiger charge is -2.19. The number of amides is 3. The van der Waals surface area contributed by atoms with Gasteiger partial charge in [-0.3, -0.25) is 15.4 Å². The number of carbonyl (C=O) groups excluding carboxylic acids is 3. The van der Waals surface area contributed by atoms with Crippen molar-refractivity contribution in [3.63, 3.8) is 0 Å². The first kappa shape index (κ1) is 17.4. The molecule has 1 atom stereocenters. The van der Waals surface area contributed by atoms with Gasteiger partial charge in [-0.1, -0.05) is 42.5 Å². The zero-order valence-electron chi connectivity index (χ0n) is 13.2. The number of hydrogen-bond donors (Lipinski definition) is 3. The fourth-order valence-electron chi connectivity index (χ4n) is 2.42. The molecule has 0 aliphatic carbocycles. The number of primary amides is 1. The predicted molar refractivity (Wildman–Crippen MR) is 89.1 cm³/mol. The van der Waals surface area contributed by atoms with Crippen LogP contribution in [0.1, 0.15) is 18.5 Å². The number of fused-ring (bicyclic) bond motifs is 1. The largest absolute Gasteiger partial charge is 0.465 e. The molecule has 0 bridgehead atoms. The van der Waals surface area contributed by atoms with Crippen LogP contribution < -0.4 is 16.4 Å². The molecule has 2 aromatic rings. The van der Waals surface area contributed by atoms with Crippen molar-refractivity contribution >= 4 is 28.7 Å². The van der Waals surface area contributed by atoms with Gasteiger partial charge >= 0.3 is 12.0 Å². The minimum atomic E-state index is -0.945. The minimum Gasteiger partial charge on any atom is -0.465 e. The highest BCUT2D eigenvalue weighted by Crippen LogP contribution is 2.25. The second kappa shape index (κ2) is 8.07. The third-order valence-corrected chi connectivity index (χ3v) is 3.39. The van der Waals surface area contributed by atoms with Gasteiger partial charge in [0.15, 0.2) is 0 Å². The summed E-state index contributed by atoms with van der Waals surface area (Å²) >= 11 is 0. The molecule has 126 valence electrons. The quantitative estimate of drug-likeness (QED) is 0.690. The monoisotopic (exact) mass is 329 g/mol. The van der Waals surface area contributed by atoms with Gasteiger partial charge in [-0.05, 0) is 23.3 Å². The van der Waals surface area contributed by atoms with E-state index >= 15 is 0 Å². The maximum atomic E-state index is 12.3. The number of nitrogens with one attached hydrogen (secondary N) is 2. The van der Waals surface area contributed by atoms with E-state index in [4.69, 9.17) is 10.5 Å². The van der Waals surface area contributed by atoms with E-state index in [0.717, 1.165) is 10.8 Å². The van der Waals surface area contributed by atoms with E-state index in [1.165, 1.54) is 0 Å². The minimum absolute atomic E-state index is 0.218. The lowest BCUT2D eigenvalue weighted by Crippen LogP contribution is -2.43. The first-order chi connectivity index (χ1) is 11.5. The Morgan fingerprint density at radius 2 is 1.83 bits per heavy atom. The van der Waals surface area contributed by atoms with E-state index in [-0.39, 0.29) is 13.2 Å². The van der Waals surface area contributed by atoms with Crippen LogP contribution in [0.15, 0.2) is 42.5 Å². The molecule has 2 rings (SSSR count). The Labute approximate surface area is 139 Å². The molecule has 0 heterocycles. The Morgan fingerprint density at radius 1 is 1.12 bits per heavy atom. The molecule has 3 amide bonds. The number of benzene rings is 2. The molecular formula is C17H19N3O4. The van der Waals surface area contributed by atoms with Crippen LogP contribution in [0.4, 0.5) is 4.79 Å². The number of esters is 1. The summed E-state index contributed by atoms with van der Waals surface area (Å²) in [4.78, 5) is 34.6. The molecule has 7 heteroatoms. The molecule has 4 N–H and O–H groups in total. The topological polar surface area (TPSA) is 111 Å². The Bertz CT molecular complexity index is 755. The van der Waals surface area contributed by atoms with Gasteiger partial charge in [0, 0.05) is 0 Å². The number of carbonyl (C=O) groups is 3. The average molecular weight is 329 g/mol. The van der Waals surface area contributed by atoms with Crippen LogP contribution in [0.5, 0.6) is 0 Å². The van der Waals surface area contributed by atoms with Gasteiger partial charge in [0.2, 0.25) is 5.91 Å². The predicted octanol–water partition coefficient (Wildman–Crippen LogP) is 1.23. The molecule has 0 fully saturated rings. The van der Waals surface area contributed by atoms with Gasteiger partial charge in [-0.15, -0.1) is 0 Å². The highest BCUT2D eigenvalue weighted by Gasteiger charge is 2.24. The van der Waals surface area contributed by atoms with Crippen molar-refractivity contribution in [1.29, 1.82) is 0 Å². The van der Waals surface area contributed by atoms with Crippen molar-refractivity contribution in [3.8, 4) is 0 Å². The Hall–Kier alpha value is -2.93. The van der Waals surface area contributed by atoms with Crippen LogP contribution in [0.25, 0.3) is 10.8 Å².